The first kappa shape index (κ1) is 19.4. The third-order valence-electron chi connectivity index (χ3n) is 3.91. The molecule has 0 saturated carbocycles. The van der Waals surface area contributed by atoms with Crippen LogP contribution in [0.2, 0.25) is 0 Å². The van der Waals surface area contributed by atoms with E-state index in [1.807, 2.05) is 18.2 Å². The quantitative estimate of drug-likeness (QED) is 0.787. The number of hydrogen-bond acceptors (Lipinski definition) is 3. The highest BCUT2D eigenvalue weighted by atomic mass is 19.1. The number of carbonyl (C=O) groups is 2. The summed E-state index contributed by atoms with van der Waals surface area (Å²) in [6.45, 7) is 4.06. The summed E-state index contributed by atoms with van der Waals surface area (Å²) in [4.78, 5) is 25.0. The van der Waals surface area contributed by atoms with Gasteiger partial charge >= 0.3 is 0 Å². The number of nitrogens with zero attached hydrogens (tertiary/aromatic N) is 1. The van der Waals surface area contributed by atoms with Crippen molar-refractivity contribution in [1.82, 2.24) is 0 Å². The van der Waals surface area contributed by atoms with E-state index in [9.17, 15) is 14.0 Å². The second-order valence-electron chi connectivity index (χ2n) is 6.25. The second kappa shape index (κ2) is 8.99. The minimum absolute atomic E-state index is 0.00590. The van der Waals surface area contributed by atoms with E-state index >= 15 is 0 Å². The minimum atomic E-state index is -0.518. The zero-order valence-electron chi connectivity index (χ0n) is 14.9. The molecule has 2 aromatic carbocycles. The van der Waals surface area contributed by atoms with Crippen molar-refractivity contribution in [3.05, 3.63) is 59.9 Å². The van der Waals surface area contributed by atoms with Gasteiger partial charge in [-0.1, -0.05) is 26.0 Å². The van der Waals surface area contributed by atoms with Crippen LogP contribution in [0.15, 0.2) is 48.5 Å². The lowest BCUT2D eigenvalue weighted by Crippen LogP contribution is -2.37. The average Bonchev–Trinajstić information content (AvgIpc) is 2.61. The lowest BCUT2D eigenvalue weighted by atomic mass is 10.0. The van der Waals surface area contributed by atoms with Crippen LogP contribution < -0.4 is 15.4 Å². The first-order valence-electron chi connectivity index (χ1n) is 8.44. The Labute approximate surface area is 152 Å². The molecule has 0 unspecified atom stereocenters. The molecule has 0 aliphatic rings. The number of halogens is 1. The first-order valence-corrected chi connectivity index (χ1v) is 8.44. The van der Waals surface area contributed by atoms with Gasteiger partial charge in [0.1, 0.15) is 11.6 Å². The summed E-state index contributed by atoms with van der Waals surface area (Å²) >= 11 is 0. The van der Waals surface area contributed by atoms with Crippen LogP contribution in [0.5, 0.6) is 5.75 Å². The fourth-order valence-corrected chi connectivity index (χ4v) is 2.43. The average molecular weight is 358 g/mol. The van der Waals surface area contributed by atoms with E-state index in [1.54, 1.807) is 6.07 Å². The van der Waals surface area contributed by atoms with Crippen LogP contribution in [0.1, 0.15) is 31.7 Å². The first-order chi connectivity index (χ1) is 12.4. The lowest BCUT2D eigenvalue weighted by Gasteiger charge is -2.22. The van der Waals surface area contributed by atoms with Gasteiger partial charge in [0.2, 0.25) is 5.91 Å². The standard InChI is InChI=1S/C20H23FN2O3/c1-14(2)15-4-3-5-18(12-15)26-13-20(25)23(11-10-19(22)24)17-8-6-16(21)7-9-17/h3-9,12,14H,10-11,13H2,1-2H3,(H2,22,24). The minimum Gasteiger partial charge on any atom is -0.484 e. The topological polar surface area (TPSA) is 72.6 Å². The lowest BCUT2D eigenvalue weighted by molar-refractivity contribution is -0.120. The van der Waals surface area contributed by atoms with Crippen molar-refractivity contribution in [1.29, 1.82) is 0 Å². The number of benzene rings is 2. The van der Waals surface area contributed by atoms with Crippen molar-refractivity contribution in [3.8, 4) is 5.75 Å². The van der Waals surface area contributed by atoms with E-state index in [2.05, 4.69) is 13.8 Å². The number of anilines is 1. The van der Waals surface area contributed by atoms with E-state index in [4.69, 9.17) is 10.5 Å². The molecule has 2 rings (SSSR count). The number of carbonyl (C=O) groups excluding carboxylic acids is 2. The molecule has 0 fully saturated rings. The van der Waals surface area contributed by atoms with E-state index < -0.39 is 11.7 Å². The summed E-state index contributed by atoms with van der Waals surface area (Å²) < 4.78 is 18.7. The van der Waals surface area contributed by atoms with Crippen molar-refractivity contribution in [2.75, 3.05) is 18.1 Å². The summed E-state index contributed by atoms with van der Waals surface area (Å²) in [5.41, 5.74) is 6.78. The Morgan fingerprint density at radius 3 is 2.46 bits per heavy atom. The van der Waals surface area contributed by atoms with Crippen LogP contribution in [0, 0.1) is 5.82 Å². The molecule has 0 saturated heterocycles. The van der Waals surface area contributed by atoms with E-state index in [-0.39, 0.29) is 25.5 Å². The summed E-state index contributed by atoms with van der Waals surface area (Å²) in [7, 11) is 0. The molecule has 2 aromatic rings. The Balaban J connectivity index is 2.09. The Morgan fingerprint density at radius 1 is 1.15 bits per heavy atom. The molecular formula is C20H23FN2O3. The molecule has 0 bridgehead atoms. The van der Waals surface area contributed by atoms with Crippen molar-refractivity contribution < 1.29 is 18.7 Å². The number of hydrogen-bond donors (Lipinski definition) is 1. The Hall–Kier alpha value is -2.89. The number of amides is 2. The zero-order chi connectivity index (χ0) is 19.1. The van der Waals surface area contributed by atoms with Gasteiger partial charge in [0.15, 0.2) is 6.61 Å². The van der Waals surface area contributed by atoms with Crippen LogP contribution >= 0.6 is 0 Å². The van der Waals surface area contributed by atoms with Gasteiger partial charge < -0.3 is 15.4 Å². The van der Waals surface area contributed by atoms with Gasteiger partial charge in [-0.05, 0) is 47.9 Å². The fourth-order valence-electron chi connectivity index (χ4n) is 2.43. The molecule has 0 spiro atoms. The van der Waals surface area contributed by atoms with Crippen LogP contribution in [0.3, 0.4) is 0 Å². The molecule has 6 heteroatoms. The Morgan fingerprint density at radius 2 is 1.85 bits per heavy atom. The van der Waals surface area contributed by atoms with Gasteiger partial charge in [-0.3, -0.25) is 9.59 Å². The maximum Gasteiger partial charge on any atom is 0.264 e. The van der Waals surface area contributed by atoms with Crippen LogP contribution in [0.25, 0.3) is 0 Å². The third-order valence-corrected chi connectivity index (χ3v) is 3.91. The highest BCUT2D eigenvalue weighted by molar-refractivity contribution is 5.95. The van der Waals surface area contributed by atoms with Crippen molar-refractivity contribution in [2.24, 2.45) is 5.73 Å². The van der Waals surface area contributed by atoms with Gasteiger partial charge in [0, 0.05) is 18.7 Å². The number of rotatable bonds is 8. The number of ether oxygens (including phenoxy) is 1. The third kappa shape index (κ3) is 5.58. The van der Waals surface area contributed by atoms with Crippen molar-refractivity contribution >= 4 is 17.5 Å². The predicted molar refractivity (Wildman–Crippen MR) is 98.6 cm³/mol. The monoisotopic (exact) mass is 358 g/mol. The second-order valence-corrected chi connectivity index (χ2v) is 6.25. The van der Waals surface area contributed by atoms with E-state index in [0.29, 0.717) is 17.4 Å². The zero-order valence-corrected chi connectivity index (χ0v) is 14.9. The van der Waals surface area contributed by atoms with Gasteiger partial charge in [0.25, 0.3) is 5.91 Å². The highest BCUT2D eigenvalue weighted by Crippen LogP contribution is 2.21. The molecule has 5 nitrogen and oxygen atoms in total. The van der Waals surface area contributed by atoms with Crippen LogP contribution in [-0.4, -0.2) is 25.0 Å². The molecule has 0 radical (unpaired) electrons. The number of primary amides is 1. The fraction of sp³-hybridized carbons (Fsp3) is 0.300. The normalized spacial score (nSPS) is 10.6. The van der Waals surface area contributed by atoms with Gasteiger partial charge in [0.05, 0.1) is 0 Å². The van der Waals surface area contributed by atoms with Gasteiger partial charge in [-0.2, -0.15) is 0 Å². The SMILES string of the molecule is CC(C)c1cccc(OCC(=O)N(CCC(N)=O)c2ccc(F)cc2)c1. The summed E-state index contributed by atoms with van der Waals surface area (Å²) in [5.74, 6) is -0.319. The molecule has 2 amide bonds. The maximum atomic E-state index is 13.1. The summed E-state index contributed by atoms with van der Waals surface area (Å²) in [6, 6.07) is 13.0. The molecule has 2 N–H and O–H groups in total. The largest absolute Gasteiger partial charge is 0.484 e. The molecule has 0 aliphatic carbocycles. The van der Waals surface area contributed by atoms with Crippen molar-refractivity contribution in [3.63, 3.8) is 0 Å². The van der Waals surface area contributed by atoms with Gasteiger partial charge in [-0.25, -0.2) is 4.39 Å². The molecule has 0 aromatic heterocycles. The number of nitrogens with two attached hydrogens (primary N) is 1. The predicted octanol–water partition coefficient (Wildman–Crippen LogP) is 3.24. The Bertz CT molecular complexity index is 760. The molecule has 0 aliphatic heterocycles. The van der Waals surface area contributed by atoms with E-state index in [0.717, 1.165) is 5.56 Å². The van der Waals surface area contributed by atoms with Crippen LogP contribution in [-0.2, 0) is 9.59 Å². The summed E-state index contributed by atoms with van der Waals surface area (Å²) in [6.07, 6.45) is 0.00590. The van der Waals surface area contributed by atoms with Crippen LogP contribution in [0.4, 0.5) is 10.1 Å². The Kier molecular flexibility index (Phi) is 6.72. The van der Waals surface area contributed by atoms with Gasteiger partial charge in [-0.15, -0.1) is 0 Å². The van der Waals surface area contributed by atoms with Crippen molar-refractivity contribution in [2.45, 2.75) is 26.2 Å². The molecule has 138 valence electrons. The molecule has 0 heterocycles. The summed E-state index contributed by atoms with van der Waals surface area (Å²) in [5, 5.41) is 0. The molecular weight excluding hydrogens is 335 g/mol. The van der Waals surface area contributed by atoms with E-state index in [1.165, 1.54) is 29.2 Å². The molecule has 26 heavy (non-hydrogen) atoms. The maximum absolute atomic E-state index is 13.1. The smallest absolute Gasteiger partial charge is 0.264 e. The highest BCUT2D eigenvalue weighted by Gasteiger charge is 2.17. The molecule has 0 atom stereocenters.